The molecule has 1 amide bonds. The topological polar surface area (TPSA) is 101 Å². The molecule has 4 rings (SSSR count). The van der Waals surface area contributed by atoms with Gasteiger partial charge in [-0.05, 0) is 66.1 Å². The quantitative estimate of drug-likeness (QED) is 0.162. The van der Waals surface area contributed by atoms with Crippen molar-refractivity contribution in [1.82, 2.24) is 10.9 Å². The van der Waals surface area contributed by atoms with Gasteiger partial charge in [0.25, 0.3) is 5.91 Å². The second-order valence-corrected chi connectivity index (χ2v) is 11.2. The molecule has 0 spiro atoms. The van der Waals surface area contributed by atoms with Crippen molar-refractivity contribution in [2.45, 2.75) is 30.9 Å². The zero-order chi connectivity index (χ0) is 28.4. The Hall–Kier alpha value is -2.76. The lowest BCUT2D eigenvalue weighted by atomic mass is 9.82. The van der Waals surface area contributed by atoms with E-state index in [2.05, 4.69) is 42.7 Å². The van der Waals surface area contributed by atoms with Crippen LogP contribution < -0.4 is 15.6 Å². The van der Waals surface area contributed by atoms with E-state index >= 15 is 0 Å². The van der Waals surface area contributed by atoms with Gasteiger partial charge in [0.2, 0.25) is 5.90 Å². The molecule has 3 aromatic rings. The Bertz CT molecular complexity index is 1270. The van der Waals surface area contributed by atoms with Gasteiger partial charge in [-0.2, -0.15) is 0 Å². The number of nitrogens with zero attached hydrogens (tertiary/aromatic N) is 1. The first kappa shape index (κ1) is 30.2. The molecule has 1 aliphatic rings. The molecule has 1 aliphatic heterocycles. The maximum absolute atomic E-state index is 14.0. The maximum atomic E-state index is 14.0. The van der Waals surface area contributed by atoms with E-state index in [0.29, 0.717) is 44.2 Å². The second-order valence-electron chi connectivity index (χ2n) is 9.37. The summed E-state index contributed by atoms with van der Waals surface area (Å²) in [5.74, 6) is 0.764. The third-order valence-electron chi connectivity index (χ3n) is 6.44. The summed E-state index contributed by atoms with van der Waals surface area (Å²) in [7, 11) is 1.65. The number of hydrogen-bond acceptors (Lipinski definition) is 7. The first-order chi connectivity index (χ1) is 19.4. The van der Waals surface area contributed by atoms with Gasteiger partial charge in [0.15, 0.2) is 11.6 Å². The first-order valence-electron chi connectivity index (χ1n) is 13.1. The molecule has 0 saturated heterocycles. The smallest absolute Gasteiger partial charge is 0.266 e. The van der Waals surface area contributed by atoms with Crippen LogP contribution in [-0.4, -0.2) is 55.9 Å². The number of hydrogen-bond donors (Lipinski definition) is 3. The fourth-order valence-corrected chi connectivity index (χ4v) is 4.92. The Morgan fingerprint density at radius 1 is 0.975 bits per heavy atom. The van der Waals surface area contributed by atoms with Crippen LogP contribution in [0.15, 0.2) is 86.7 Å². The lowest BCUT2D eigenvalue weighted by molar-refractivity contribution is -0.130. The lowest BCUT2D eigenvalue weighted by Gasteiger charge is -2.31. The molecular formula is C30H33Br2N3O5. The van der Waals surface area contributed by atoms with Gasteiger partial charge < -0.3 is 19.3 Å². The molecule has 3 N–H and O–H groups in total. The number of halogens is 2. The van der Waals surface area contributed by atoms with Crippen molar-refractivity contribution >= 4 is 43.7 Å². The Balaban J connectivity index is 1.71. The molecule has 0 aromatic heterocycles. The number of nitrogens with one attached hydrogen (secondary N) is 2. The van der Waals surface area contributed by atoms with E-state index in [1.807, 2.05) is 72.8 Å². The van der Waals surface area contributed by atoms with Gasteiger partial charge in [0.1, 0.15) is 5.75 Å². The molecule has 10 heteroatoms. The Morgan fingerprint density at radius 2 is 1.65 bits per heavy atom. The fourth-order valence-electron chi connectivity index (χ4n) is 4.39. The second kappa shape index (κ2) is 14.7. The number of aliphatic hydroxyl groups excluding tert-OH is 1. The van der Waals surface area contributed by atoms with Crippen LogP contribution in [0.5, 0.6) is 5.75 Å². The van der Waals surface area contributed by atoms with E-state index in [0.717, 1.165) is 32.1 Å². The molecule has 212 valence electrons. The highest BCUT2D eigenvalue weighted by atomic mass is 79.9. The standard InChI is InChI=1S/C30H33Br2N3O5/c1-38-18-2-16-33-35-29(37)30(20-21-4-10-24(31)11-5-21)27(22-6-12-25(32)13-7-22)40-28(34-30)23-8-14-26(15-9-23)39-19-3-17-36/h4-15,27,33,36H,2-3,16-20H2,1H3,(H,35,37)/t27-,30-/m0/s1. The van der Waals surface area contributed by atoms with Crippen molar-refractivity contribution in [3.8, 4) is 5.75 Å². The summed E-state index contributed by atoms with van der Waals surface area (Å²) in [5, 5.41) is 9.01. The number of hydrazine groups is 1. The van der Waals surface area contributed by atoms with Gasteiger partial charge >= 0.3 is 0 Å². The van der Waals surface area contributed by atoms with Gasteiger partial charge in [-0.25, -0.2) is 10.4 Å². The number of carbonyl (C=O) groups is 1. The molecule has 3 aromatic carbocycles. The largest absolute Gasteiger partial charge is 0.494 e. The number of methoxy groups -OCH3 is 1. The number of carbonyl (C=O) groups excluding carboxylic acids is 1. The number of ether oxygens (including phenoxy) is 3. The predicted molar refractivity (Wildman–Crippen MR) is 161 cm³/mol. The lowest BCUT2D eigenvalue weighted by Crippen LogP contribution is -2.54. The van der Waals surface area contributed by atoms with Crippen LogP contribution in [0.1, 0.15) is 35.6 Å². The molecule has 0 saturated carbocycles. The summed E-state index contributed by atoms with van der Waals surface area (Å²) in [6.45, 7) is 1.63. The first-order valence-corrected chi connectivity index (χ1v) is 14.7. The van der Waals surface area contributed by atoms with Gasteiger partial charge in [-0.1, -0.05) is 56.1 Å². The SMILES string of the molecule is COCCCNNC(=O)[C@@]1(Cc2ccc(Br)cc2)N=C(c2ccc(OCCCO)cc2)O[C@H]1c1ccc(Br)cc1. The van der Waals surface area contributed by atoms with Gasteiger partial charge in [0, 0.05) is 54.2 Å². The average Bonchev–Trinajstić information content (AvgIpc) is 3.35. The molecule has 40 heavy (non-hydrogen) atoms. The summed E-state index contributed by atoms with van der Waals surface area (Å²) in [6, 6.07) is 23.0. The van der Waals surface area contributed by atoms with Crippen molar-refractivity contribution in [1.29, 1.82) is 0 Å². The summed E-state index contributed by atoms with van der Waals surface area (Å²) in [4.78, 5) is 19.1. The molecule has 8 nitrogen and oxygen atoms in total. The molecule has 0 radical (unpaired) electrons. The summed E-state index contributed by atoms with van der Waals surface area (Å²) in [5.41, 5.74) is 7.13. The molecule has 2 atom stereocenters. The Kier molecular flexibility index (Phi) is 11.1. The van der Waals surface area contributed by atoms with E-state index in [9.17, 15) is 4.79 Å². The maximum Gasteiger partial charge on any atom is 0.266 e. The van der Waals surface area contributed by atoms with Crippen LogP contribution in [0.3, 0.4) is 0 Å². The van der Waals surface area contributed by atoms with Gasteiger partial charge in [-0.15, -0.1) is 0 Å². The molecule has 0 bridgehead atoms. The van der Waals surface area contributed by atoms with Crippen LogP contribution in [0.4, 0.5) is 0 Å². The minimum absolute atomic E-state index is 0.0733. The monoisotopic (exact) mass is 673 g/mol. The van der Waals surface area contributed by atoms with Crippen molar-refractivity contribution in [2.24, 2.45) is 4.99 Å². The van der Waals surface area contributed by atoms with E-state index in [4.69, 9.17) is 24.3 Å². The highest BCUT2D eigenvalue weighted by molar-refractivity contribution is 9.10. The highest BCUT2D eigenvalue weighted by Gasteiger charge is 2.53. The fraction of sp³-hybridized carbons (Fsp3) is 0.333. The van der Waals surface area contributed by atoms with E-state index in [1.54, 1.807) is 7.11 Å². The number of benzene rings is 3. The van der Waals surface area contributed by atoms with Crippen molar-refractivity contribution in [3.05, 3.63) is 98.4 Å². The normalized spacial score (nSPS) is 18.2. The van der Waals surface area contributed by atoms with Crippen LogP contribution >= 0.6 is 31.9 Å². The van der Waals surface area contributed by atoms with Crippen LogP contribution in [0.2, 0.25) is 0 Å². The number of rotatable bonds is 14. The summed E-state index contributed by atoms with van der Waals surface area (Å²) >= 11 is 7.00. The summed E-state index contributed by atoms with van der Waals surface area (Å²) in [6.07, 6.45) is 0.933. The third kappa shape index (κ3) is 7.70. The highest BCUT2D eigenvalue weighted by Crippen LogP contribution is 2.42. The van der Waals surface area contributed by atoms with Crippen molar-refractivity contribution < 1.29 is 24.1 Å². The third-order valence-corrected chi connectivity index (χ3v) is 7.50. The van der Waals surface area contributed by atoms with E-state index in [-0.39, 0.29) is 12.5 Å². The van der Waals surface area contributed by atoms with Gasteiger partial charge in [-0.3, -0.25) is 10.2 Å². The number of aliphatic imine (C=N–C) groups is 1. The number of amides is 1. The predicted octanol–water partition coefficient (Wildman–Crippen LogP) is 5.13. The van der Waals surface area contributed by atoms with E-state index in [1.165, 1.54) is 0 Å². The molecule has 0 fully saturated rings. The van der Waals surface area contributed by atoms with Crippen molar-refractivity contribution in [3.63, 3.8) is 0 Å². The zero-order valence-corrected chi connectivity index (χ0v) is 25.4. The number of aliphatic hydroxyl groups is 1. The van der Waals surface area contributed by atoms with Crippen LogP contribution in [-0.2, 0) is 20.7 Å². The molecular weight excluding hydrogens is 642 g/mol. The van der Waals surface area contributed by atoms with Gasteiger partial charge in [0.05, 0.1) is 6.61 Å². The summed E-state index contributed by atoms with van der Waals surface area (Å²) < 4.78 is 19.2. The minimum Gasteiger partial charge on any atom is -0.494 e. The molecule has 1 heterocycles. The van der Waals surface area contributed by atoms with Crippen molar-refractivity contribution in [2.75, 3.05) is 33.5 Å². The average molecular weight is 675 g/mol. The molecule has 0 unspecified atom stereocenters. The Labute approximate surface area is 251 Å². The minimum atomic E-state index is -1.29. The molecule has 0 aliphatic carbocycles. The van der Waals surface area contributed by atoms with Crippen LogP contribution in [0, 0.1) is 0 Å². The Morgan fingerprint density at radius 3 is 2.30 bits per heavy atom. The van der Waals surface area contributed by atoms with Crippen LogP contribution in [0.25, 0.3) is 0 Å². The van der Waals surface area contributed by atoms with E-state index < -0.39 is 11.6 Å². The zero-order valence-electron chi connectivity index (χ0n) is 22.2.